The predicted octanol–water partition coefficient (Wildman–Crippen LogP) is 3.25. The Morgan fingerprint density at radius 3 is 2.33 bits per heavy atom. The van der Waals surface area contributed by atoms with Crippen LogP contribution in [-0.2, 0) is 0 Å². The Hall–Kier alpha value is -0.800. The molecule has 1 aromatic carbocycles. The summed E-state index contributed by atoms with van der Waals surface area (Å²) in [7, 11) is 2.03. The summed E-state index contributed by atoms with van der Waals surface area (Å²) < 4.78 is 0. The third-order valence-electron chi connectivity index (χ3n) is 3.43. The van der Waals surface area contributed by atoms with Crippen LogP contribution >= 0.6 is 11.8 Å². The Kier molecular flexibility index (Phi) is 5.89. The number of aryl methyl sites for hydroxylation is 1. The van der Waals surface area contributed by atoms with Crippen LogP contribution in [0.1, 0.15) is 29.8 Å². The zero-order chi connectivity index (χ0) is 13.7. The second-order valence-electron chi connectivity index (χ2n) is 4.88. The second-order valence-corrected chi connectivity index (χ2v) is 5.79. The van der Waals surface area contributed by atoms with Crippen molar-refractivity contribution in [2.24, 2.45) is 0 Å². The molecule has 0 aliphatic heterocycles. The van der Waals surface area contributed by atoms with Gasteiger partial charge in [0.1, 0.15) is 0 Å². The highest BCUT2D eigenvalue weighted by Crippen LogP contribution is 2.13. The molecule has 2 nitrogen and oxygen atoms in total. The molecule has 0 aliphatic carbocycles. The van der Waals surface area contributed by atoms with Gasteiger partial charge in [0.05, 0.1) is 6.04 Å². The Balaban J connectivity index is 2.74. The van der Waals surface area contributed by atoms with Crippen LogP contribution < -0.4 is 0 Å². The quantitative estimate of drug-likeness (QED) is 0.736. The van der Waals surface area contributed by atoms with Crippen LogP contribution in [-0.4, -0.2) is 41.8 Å². The molecule has 0 N–H and O–H groups in total. The molecule has 2 atom stereocenters. The molecule has 0 radical (unpaired) electrons. The molecule has 0 aromatic heterocycles. The summed E-state index contributed by atoms with van der Waals surface area (Å²) in [5, 5.41) is 0. The van der Waals surface area contributed by atoms with Gasteiger partial charge >= 0.3 is 0 Å². The number of Topliss-reactive ketones (excluding diaryl/α,β-unsaturated/α-hetero) is 1. The van der Waals surface area contributed by atoms with Gasteiger partial charge in [0.15, 0.2) is 5.78 Å². The summed E-state index contributed by atoms with van der Waals surface area (Å²) in [4.78, 5) is 14.5. The largest absolute Gasteiger partial charge is 0.293 e. The number of rotatable bonds is 6. The highest BCUT2D eigenvalue weighted by Gasteiger charge is 2.22. The van der Waals surface area contributed by atoms with Crippen LogP contribution in [0.25, 0.3) is 0 Å². The van der Waals surface area contributed by atoms with E-state index in [9.17, 15) is 4.79 Å². The molecule has 0 bridgehead atoms. The lowest BCUT2D eigenvalue weighted by Gasteiger charge is -2.29. The van der Waals surface area contributed by atoms with Crippen molar-refractivity contribution in [2.45, 2.75) is 32.9 Å². The molecule has 0 fully saturated rings. The molecule has 2 unspecified atom stereocenters. The van der Waals surface area contributed by atoms with Crippen molar-refractivity contribution in [1.29, 1.82) is 0 Å². The van der Waals surface area contributed by atoms with E-state index in [-0.39, 0.29) is 11.8 Å². The summed E-state index contributed by atoms with van der Waals surface area (Å²) in [6, 6.07) is 8.15. The molecular weight excluding hydrogens is 242 g/mol. The lowest BCUT2D eigenvalue weighted by atomic mass is 10.0. The topological polar surface area (TPSA) is 20.3 Å². The van der Waals surface area contributed by atoms with Crippen molar-refractivity contribution in [1.82, 2.24) is 4.90 Å². The van der Waals surface area contributed by atoms with Gasteiger partial charge < -0.3 is 0 Å². The Labute approximate surface area is 115 Å². The van der Waals surface area contributed by atoms with Crippen LogP contribution in [0, 0.1) is 6.92 Å². The van der Waals surface area contributed by atoms with Crippen molar-refractivity contribution in [2.75, 3.05) is 19.1 Å². The van der Waals surface area contributed by atoms with Gasteiger partial charge in [-0.2, -0.15) is 11.8 Å². The number of carbonyl (C=O) groups excluding carboxylic acids is 1. The fraction of sp³-hybridized carbons (Fsp3) is 0.533. The van der Waals surface area contributed by atoms with Crippen molar-refractivity contribution in [3.63, 3.8) is 0 Å². The van der Waals surface area contributed by atoms with Crippen LogP contribution in [0.15, 0.2) is 24.3 Å². The van der Waals surface area contributed by atoms with Crippen LogP contribution in [0.5, 0.6) is 0 Å². The molecule has 0 saturated heterocycles. The van der Waals surface area contributed by atoms with Gasteiger partial charge in [-0.1, -0.05) is 29.8 Å². The second kappa shape index (κ2) is 6.95. The molecule has 0 aliphatic rings. The Morgan fingerprint density at radius 1 is 1.28 bits per heavy atom. The first-order valence-corrected chi connectivity index (χ1v) is 7.68. The predicted molar refractivity (Wildman–Crippen MR) is 80.6 cm³/mol. The Bertz CT molecular complexity index is 388. The summed E-state index contributed by atoms with van der Waals surface area (Å²) in [5.41, 5.74) is 1.99. The molecule has 0 amide bonds. The monoisotopic (exact) mass is 265 g/mol. The molecule has 1 aromatic rings. The fourth-order valence-corrected chi connectivity index (χ4v) is 2.60. The van der Waals surface area contributed by atoms with Crippen molar-refractivity contribution in [3.05, 3.63) is 35.4 Å². The average Bonchev–Trinajstić information content (AvgIpc) is 2.37. The van der Waals surface area contributed by atoms with Crippen LogP contribution in [0.2, 0.25) is 0 Å². The summed E-state index contributed by atoms with van der Waals surface area (Å²) in [5.74, 6) is 1.24. The third-order valence-corrected chi connectivity index (χ3v) is 4.25. The molecule has 18 heavy (non-hydrogen) atoms. The SMILES string of the molecule is CSCC(C)N(C)C(C)C(=O)c1ccc(C)cc1. The molecule has 0 heterocycles. The van der Waals surface area contributed by atoms with E-state index in [1.54, 1.807) is 0 Å². The molecule has 3 heteroatoms. The maximum atomic E-state index is 12.4. The van der Waals surface area contributed by atoms with E-state index in [1.165, 1.54) is 5.56 Å². The molecule has 0 spiro atoms. The minimum absolute atomic E-state index is 0.0742. The molecule has 1 rings (SSSR count). The minimum Gasteiger partial charge on any atom is -0.293 e. The first kappa shape index (κ1) is 15.3. The molecule has 100 valence electrons. The fourth-order valence-electron chi connectivity index (χ4n) is 1.88. The zero-order valence-electron chi connectivity index (χ0n) is 11.9. The first-order chi connectivity index (χ1) is 8.47. The van der Waals surface area contributed by atoms with Crippen LogP contribution in [0.3, 0.4) is 0 Å². The highest BCUT2D eigenvalue weighted by atomic mass is 32.2. The summed E-state index contributed by atoms with van der Waals surface area (Å²) in [6.45, 7) is 6.18. The van der Waals surface area contributed by atoms with Gasteiger partial charge in [-0.3, -0.25) is 9.69 Å². The van der Waals surface area contributed by atoms with E-state index in [4.69, 9.17) is 0 Å². The van der Waals surface area contributed by atoms with Gasteiger partial charge in [0, 0.05) is 17.4 Å². The number of thioether (sulfide) groups is 1. The Morgan fingerprint density at radius 2 is 1.83 bits per heavy atom. The molecular formula is C15H23NOS. The maximum absolute atomic E-state index is 12.4. The van der Waals surface area contributed by atoms with E-state index < -0.39 is 0 Å². The van der Waals surface area contributed by atoms with Crippen molar-refractivity contribution in [3.8, 4) is 0 Å². The van der Waals surface area contributed by atoms with E-state index >= 15 is 0 Å². The number of hydrogen-bond donors (Lipinski definition) is 0. The third kappa shape index (κ3) is 3.85. The number of likely N-dealkylation sites (N-methyl/N-ethyl adjacent to an activating group) is 1. The van der Waals surface area contributed by atoms with Gasteiger partial charge in [0.2, 0.25) is 0 Å². The van der Waals surface area contributed by atoms with Gasteiger partial charge in [-0.25, -0.2) is 0 Å². The first-order valence-electron chi connectivity index (χ1n) is 6.29. The summed E-state index contributed by atoms with van der Waals surface area (Å²) in [6.07, 6.45) is 2.09. The van der Waals surface area contributed by atoms with Gasteiger partial charge in [0.25, 0.3) is 0 Å². The maximum Gasteiger partial charge on any atom is 0.179 e. The number of nitrogens with zero attached hydrogens (tertiary/aromatic N) is 1. The lowest BCUT2D eigenvalue weighted by Crippen LogP contribution is -2.42. The standard InChI is InChI=1S/C15H23NOS/c1-11-6-8-14(9-7-11)15(17)13(3)16(4)12(2)10-18-5/h6-9,12-13H,10H2,1-5H3. The van der Waals surface area contributed by atoms with E-state index in [2.05, 4.69) is 18.1 Å². The number of benzene rings is 1. The van der Waals surface area contributed by atoms with E-state index in [0.717, 1.165) is 11.3 Å². The number of hydrogen-bond acceptors (Lipinski definition) is 3. The zero-order valence-corrected chi connectivity index (χ0v) is 12.8. The smallest absolute Gasteiger partial charge is 0.179 e. The van der Waals surface area contributed by atoms with Crippen LogP contribution in [0.4, 0.5) is 0 Å². The van der Waals surface area contributed by atoms with E-state index in [1.807, 2.05) is 56.9 Å². The number of ketones is 1. The number of carbonyl (C=O) groups is 1. The molecule has 0 saturated carbocycles. The van der Waals surface area contributed by atoms with Crippen molar-refractivity contribution < 1.29 is 4.79 Å². The normalized spacial score (nSPS) is 14.6. The van der Waals surface area contributed by atoms with Gasteiger partial charge in [-0.15, -0.1) is 0 Å². The lowest BCUT2D eigenvalue weighted by molar-refractivity contribution is 0.0838. The minimum atomic E-state index is -0.0742. The van der Waals surface area contributed by atoms with Crippen molar-refractivity contribution >= 4 is 17.5 Å². The summed E-state index contributed by atoms with van der Waals surface area (Å²) >= 11 is 1.81. The average molecular weight is 265 g/mol. The van der Waals surface area contributed by atoms with E-state index in [0.29, 0.717) is 6.04 Å². The highest BCUT2D eigenvalue weighted by molar-refractivity contribution is 7.98. The van der Waals surface area contributed by atoms with Gasteiger partial charge in [-0.05, 0) is 34.1 Å².